The Hall–Kier alpha value is -1.81. The molecule has 3 N–H and O–H groups in total. The van der Waals surface area contributed by atoms with Crippen LogP contribution >= 0.6 is 0 Å². The largest absolute Gasteiger partial charge is 0.405 e. The summed E-state index contributed by atoms with van der Waals surface area (Å²) in [4.78, 5) is 12.6. The van der Waals surface area contributed by atoms with Crippen LogP contribution < -0.4 is 10.5 Å². The van der Waals surface area contributed by atoms with E-state index in [2.05, 4.69) is 0 Å². The number of alkyl halides is 3. The lowest BCUT2D eigenvalue weighted by molar-refractivity contribution is -0.123. The number of carbonyl (C=O) groups is 1. The number of primary sulfonamides is 1. The average Bonchev–Trinajstić information content (AvgIpc) is 2.41. The quantitative estimate of drug-likeness (QED) is 0.873. The third kappa shape index (κ3) is 5.19. The maximum atomic E-state index is 12.1. The Bertz CT molecular complexity index is 629. The van der Waals surface area contributed by atoms with Gasteiger partial charge in [-0.15, -0.1) is 0 Å². The first-order valence-electron chi connectivity index (χ1n) is 6.12. The lowest BCUT2D eigenvalue weighted by atomic mass is 10.1. The molecule has 0 bridgehead atoms. The van der Waals surface area contributed by atoms with Gasteiger partial charge >= 0.3 is 12.2 Å². The monoisotopic (exact) mass is 339 g/mol. The molecule has 0 fully saturated rings. The van der Waals surface area contributed by atoms with Crippen LogP contribution in [0.4, 0.5) is 18.0 Å². The molecule has 2 amide bonds. The van der Waals surface area contributed by atoms with Gasteiger partial charge in [0.25, 0.3) is 0 Å². The van der Waals surface area contributed by atoms with Gasteiger partial charge in [0.2, 0.25) is 10.0 Å². The molecule has 0 heterocycles. The van der Waals surface area contributed by atoms with Crippen molar-refractivity contribution in [3.63, 3.8) is 0 Å². The molecule has 0 spiro atoms. The number of carbonyl (C=O) groups excluding carboxylic acids is 1. The van der Waals surface area contributed by atoms with Gasteiger partial charge in [-0.25, -0.2) is 18.4 Å². The summed E-state index contributed by atoms with van der Waals surface area (Å²) in [6.07, 6.45) is -4.49. The Morgan fingerprint density at radius 1 is 1.32 bits per heavy atom. The van der Waals surface area contributed by atoms with Crippen molar-refractivity contribution in [1.29, 1.82) is 0 Å². The minimum atomic E-state index is -4.49. The summed E-state index contributed by atoms with van der Waals surface area (Å²) in [5.41, 5.74) is 0.553. The molecule has 6 nitrogen and oxygen atoms in total. The van der Waals surface area contributed by atoms with Crippen molar-refractivity contribution < 1.29 is 26.4 Å². The van der Waals surface area contributed by atoms with E-state index >= 15 is 0 Å². The highest BCUT2D eigenvalue weighted by atomic mass is 32.2. The number of nitrogens with one attached hydrogen (secondary N) is 1. The third-order valence-electron chi connectivity index (χ3n) is 3.03. The van der Waals surface area contributed by atoms with Gasteiger partial charge in [0, 0.05) is 7.05 Å². The van der Waals surface area contributed by atoms with E-state index in [1.165, 1.54) is 31.3 Å². The minimum Gasteiger partial charge on any atom is -0.329 e. The van der Waals surface area contributed by atoms with Crippen LogP contribution in [0.1, 0.15) is 18.5 Å². The normalized spacial score (nSPS) is 13.5. The van der Waals surface area contributed by atoms with Crippen molar-refractivity contribution in [3.05, 3.63) is 29.8 Å². The van der Waals surface area contributed by atoms with Crippen LogP contribution in [-0.2, 0) is 10.0 Å². The second-order valence-electron chi connectivity index (χ2n) is 4.67. The van der Waals surface area contributed by atoms with Crippen LogP contribution in [0.5, 0.6) is 0 Å². The molecular formula is C12H16F3N3O3S. The van der Waals surface area contributed by atoms with E-state index in [1.54, 1.807) is 12.2 Å². The van der Waals surface area contributed by atoms with Crippen LogP contribution in [0.15, 0.2) is 29.2 Å². The summed E-state index contributed by atoms with van der Waals surface area (Å²) in [7, 11) is -2.49. The summed E-state index contributed by atoms with van der Waals surface area (Å²) < 4.78 is 58.4. The first kappa shape index (κ1) is 18.2. The van der Waals surface area contributed by atoms with Gasteiger partial charge in [-0.3, -0.25) is 0 Å². The molecule has 0 saturated carbocycles. The second-order valence-corrected chi connectivity index (χ2v) is 6.24. The van der Waals surface area contributed by atoms with Crippen molar-refractivity contribution in [1.82, 2.24) is 10.2 Å². The molecule has 124 valence electrons. The van der Waals surface area contributed by atoms with E-state index in [1.807, 2.05) is 0 Å². The number of urea groups is 1. The number of nitrogens with two attached hydrogens (primary N) is 1. The summed E-state index contributed by atoms with van der Waals surface area (Å²) in [6.45, 7) is 0.173. The molecule has 1 atom stereocenters. The smallest absolute Gasteiger partial charge is 0.329 e. The number of sulfonamides is 1. The Balaban J connectivity index is 2.78. The van der Waals surface area contributed by atoms with Gasteiger partial charge in [-0.1, -0.05) is 12.1 Å². The number of hydrogen-bond donors (Lipinski definition) is 2. The molecule has 0 saturated heterocycles. The Morgan fingerprint density at radius 3 is 2.23 bits per heavy atom. The van der Waals surface area contributed by atoms with Crippen molar-refractivity contribution >= 4 is 16.1 Å². The Morgan fingerprint density at radius 2 is 1.82 bits per heavy atom. The second kappa shape index (κ2) is 6.53. The lowest BCUT2D eigenvalue weighted by Crippen LogP contribution is -2.42. The zero-order chi connectivity index (χ0) is 17.1. The van der Waals surface area contributed by atoms with Gasteiger partial charge < -0.3 is 10.2 Å². The van der Waals surface area contributed by atoms with E-state index in [0.29, 0.717) is 5.56 Å². The molecule has 1 unspecified atom stereocenters. The average molecular weight is 339 g/mol. The summed E-state index contributed by atoms with van der Waals surface area (Å²) in [5, 5.41) is 6.72. The summed E-state index contributed by atoms with van der Waals surface area (Å²) in [5.74, 6) is 0. The third-order valence-corrected chi connectivity index (χ3v) is 3.96. The molecule has 0 radical (unpaired) electrons. The Kier molecular flexibility index (Phi) is 5.41. The predicted molar refractivity (Wildman–Crippen MR) is 73.4 cm³/mol. The van der Waals surface area contributed by atoms with Crippen molar-refractivity contribution in [2.75, 3.05) is 13.6 Å². The number of hydrogen-bond acceptors (Lipinski definition) is 3. The minimum absolute atomic E-state index is 0.0902. The van der Waals surface area contributed by atoms with E-state index in [4.69, 9.17) is 5.14 Å². The highest BCUT2D eigenvalue weighted by molar-refractivity contribution is 7.89. The van der Waals surface area contributed by atoms with Gasteiger partial charge in [-0.05, 0) is 24.6 Å². The highest BCUT2D eigenvalue weighted by Crippen LogP contribution is 2.21. The summed E-state index contributed by atoms with van der Waals surface area (Å²) in [6, 6.07) is 3.98. The van der Waals surface area contributed by atoms with Crippen molar-refractivity contribution in [2.24, 2.45) is 5.14 Å². The standard InChI is InChI=1S/C12H16F3N3O3S/c1-8(18(2)11(19)17-7-12(13,14)15)9-3-5-10(6-4-9)22(16,20)21/h3-6,8H,7H2,1-2H3,(H,17,19)(H2,16,20,21). The van der Waals surface area contributed by atoms with Gasteiger partial charge in [0.05, 0.1) is 10.9 Å². The fourth-order valence-electron chi connectivity index (χ4n) is 1.64. The maximum absolute atomic E-state index is 12.1. The van der Waals surface area contributed by atoms with E-state index in [0.717, 1.165) is 4.90 Å². The van der Waals surface area contributed by atoms with Crippen molar-refractivity contribution in [2.45, 2.75) is 24.0 Å². The molecular weight excluding hydrogens is 323 g/mol. The topological polar surface area (TPSA) is 92.5 Å². The van der Waals surface area contributed by atoms with Gasteiger partial charge in [-0.2, -0.15) is 13.2 Å². The van der Waals surface area contributed by atoms with Crippen LogP contribution in [-0.4, -0.2) is 39.1 Å². The molecule has 1 aromatic carbocycles. The predicted octanol–water partition coefficient (Wildman–Crippen LogP) is 1.60. The maximum Gasteiger partial charge on any atom is 0.405 e. The molecule has 22 heavy (non-hydrogen) atoms. The Labute approximate surface area is 126 Å². The van der Waals surface area contributed by atoms with E-state index < -0.39 is 34.8 Å². The van der Waals surface area contributed by atoms with Gasteiger partial charge in [0.1, 0.15) is 6.54 Å². The fraction of sp³-hybridized carbons (Fsp3) is 0.417. The number of nitrogens with zero attached hydrogens (tertiary/aromatic N) is 1. The first-order chi connectivity index (χ1) is 9.92. The lowest BCUT2D eigenvalue weighted by Gasteiger charge is -2.26. The molecule has 10 heteroatoms. The SMILES string of the molecule is CC(c1ccc(S(N)(=O)=O)cc1)N(C)C(=O)NCC(F)(F)F. The fourth-order valence-corrected chi connectivity index (χ4v) is 2.15. The molecule has 0 aromatic heterocycles. The molecule has 0 aliphatic heterocycles. The van der Waals surface area contributed by atoms with E-state index in [9.17, 15) is 26.4 Å². The highest BCUT2D eigenvalue weighted by Gasteiger charge is 2.29. The first-order valence-corrected chi connectivity index (χ1v) is 7.66. The number of halogens is 3. The number of benzene rings is 1. The van der Waals surface area contributed by atoms with Crippen LogP contribution in [0.2, 0.25) is 0 Å². The van der Waals surface area contributed by atoms with Crippen LogP contribution in [0, 0.1) is 0 Å². The van der Waals surface area contributed by atoms with Crippen LogP contribution in [0.3, 0.4) is 0 Å². The molecule has 0 aliphatic rings. The summed E-state index contributed by atoms with van der Waals surface area (Å²) >= 11 is 0. The zero-order valence-corrected chi connectivity index (χ0v) is 12.7. The number of amides is 2. The van der Waals surface area contributed by atoms with Crippen molar-refractivity contribution in [3.8, 4) is 0 Å². The number of rotatable bonds is 4. The van der Waals surface area contributed by atoms with E-state index in [-0.39, 0.29) is 4.90 Å². The molecule has 1 rings (SSSR count). The molecule has 1 aromatic rings. The molecule has 0 aliphatic carbocycles. The van der Waals surface area contributed by atoms with Gasteiger partial charge in [0.15, 0.2) is 0 Å². The zero-order valence-electron chi connectivity index (χ0n) is 11.9. The van der Waals surface area contributed by atoms with Crippen LogP contribution in [0.25, 0.3) is 0 Å².